The van der Waals surface area contributed by atoms with Crippen LogP contribution in [0.25, 0.3) is 0 Å². The molecule has 1 aliphatic carbocycles. The molecule has 1 aliphatic rings. The van der Waals surface area contributed by atoms with Gasteiger partial charge in [0.1, 0.15) is 6.04 Å². The predicted molar refractivity (Wildman–Crippen MR) is 132 cm³/mol. The van der Waals surface area contributed by atoms with Crippen LogP contribution in [0.5, 0.6) is 0 Å². The summed E-state index contributed by atoms with van der Waals surface area (Å²) < 4.78 is 0. The predicted octanol–water partition coefficient (Wildman–Crippen LogP) is 4.45. The van der Waals surface area contributed by atoms with Gasteiger partial charge >= 0.3 is 0 Å². The molecule has 0 spiro atoms. The Morgan fingerprint density at radius 3 is 2.91 bits per heavy atom. The molecule has 0 aromatic heterocycles. The monoisotopic (exact) mass is 434 g/mol. The third-order valence-electron chi connectivity index (χ3n) is 5.77. The Hall–Kier alpha value is -2.68. The molecule has 0 bridgehead atoms. The van der Waals surface area contributed by atoms with Gasteiger partial charge in [-0.2, -0.15) is 5.26 Å². The van der Waals surface area contributed by atoms with Crippen molar-refractivity contribution in [1.82, 2.24) is 15.5 Å². The van der Waals surface area contributed by atoms with E-state index in [0.29, 0.717) is 19.6 Å². The van der Waals surface area contributed by atoms with Gasteiger partial charge < -0.3 is 15.5 Å². The summed E-state index contributed by atoms with van der Waals surface area (Å²) in [4.78, 5) is 14.3. The van der Waals surface area contributed by atoms with Crippen LogP contribution in [-0.2, 0) is 11.2 Å². The van der Waals surface area contributed by atoms with Crippen molar-refractivity contribution in [3.8, 4) is 6.07 Å². The second kappa shape index (κ2) is 14.4. The molecular weight excluding hydrogens is 396 g/mol. The minimum atomic E-state index is -0.401. The van der Waals surface area contributed by atoms with Crippen LogP contribution in [0.3, 0.4) is 0 Å². The molecule has 2 atom stereocenters. The fraction of sp³-hybridized carbons (Fsp3) is 0.481. The molecule has 32 heavy (non-hydrogen) atoms. The Kier molecular flexibility index (Phi) is 11.5. The van der Waals surface area contributed by atoms with Crippen molar-refractivity contribution >= 4 is 5.91 Å². The lowest BCUT2D eigenvalue weighted by Crippen LogP contribution is -2.44. The van der Waals surface area contributed by atoms with E-state index in [4.69, 9.17) is 0 Å². The highest BCUT2D eigenvalue weighted by atomic mass is 16.2. The molecule has 1 aromatic rings. The smallest absolute Gasteiger partial charge is 0.237 e. The summed E-state index contributed by atoms with van der Waals surface area (Å²) in [6.07, 6.45) is 13.6. The van der Waals surface area contributed by atoms with E-state index < -0.39 is 6.04 Å². The van der Waals surface area contributed by atoms with Gasteiger partial charge in [0.05, 0.1) is 18.7 Å². The van der Waals surface area contributed by atoms with Crippen LogP contribution in [0.2, 0.25) is 0 Å². The number of nitriles is 1. The van der Waals surface area contributed by atoms with E-state index in [1.165, 1.54) is 11.1 Å². The van der Waals surface area contributed by atoms with Crippen molar-refractivity contribution in [2.45, 2.75) is 58.0 Å². The molecule has 1 unspecified atom stereocenters. The van der Waals surface area contributed by atoms with Gasteiger partial charge in [-0.25, -0.2) is 0 Å². The average molecular weight is 435 g/mol. The second-order valence-corrected chi connectivity index (χ2v) is 8.26. The third-order valence-corrected chi connectivity index (χ3v) is 5.77. The van der Waals surface area contributed by atoms with Crippen LogP contribution in [0, 0.1) is 11.3 Å². The number of aryl methyl sites for hydroxylation is 1. The molecule has 0 saturated heterocycles. The summed E-state index contributed by atoms with van der Waals surface area (Å²) in [7, 11) is 0. The minimum absolute atomic E-state index is 0.0214. The first-order valence-corrected chi connectivity index (χ1v) is 11.8. The molecule has 5 nitrogen and oxygen atoms in total. The van der Waals surface area contributed by atoms with Crippen molar-refractivity contribution in [2.24, 2.45) is 0 Å². The quantitative estimate of drug-likeness (QED) is 0.534. The average Bonchev–Trinajstić information content (AvgIpc) is 2.83. The van der Waals surface area contributed by atoms with Crippen LogP contribution in [0.15, 0.2) is 60.7 Å². The van der Waals surface area contributed by atoms with Crippen LogP contribution in [-0.4, -0.2) is 43.0 Å². The van der Waals surface area contributed by atoms with Gasteiger partial charge in [-0.15, -0.1) is 0 Å². The number of allylic oxidation sites excluding steroid dienone is 3. The summed E-state index contributed by atoms with van der Waals surface area (Å²) in [5.74, 6) is -0.0214. The molecule has 5 heteroatoms. The Morgan fingerprint density at radius 1 is 1.31 bits per heavy atom. The number of nitrogens with zero attached hydrogens (tertiary/aromatic N) is 2. The van der Waals surface area contributed by atoms with E-state index in [9.17, 15) is 10.1 Å². The molecule has 1 amide bonds. The van der Waals surface area contributed by atoms with Gasteiger partial charge in [0, 0.05) is 19.6 Å². The van der Waals surface area contributed by atoms with Crippen LogP contribution in [0.1, 0.15) is 56.7 Å². The Bertz CT molecular complexity index is 836. The molecule has 0 heterocycles. The maximum absolute atomic E-state index is 12.6. The molecule has 2 N–H and O–H groups in total. The van der Waals surface area contributed by atoms with Crippen molar-refractivity contribution in [3.63, 3.8) is 0 Å². The summed E-state index contributed by atoms with van der Waals surface area (Å²) in [5, 5.41) is 16.1. The first-order valence-electron chi connectivity index (χ1n) is 11.8. The standard InChI is InChI=1S/C27H38N4O/c1-4-5-19-31(23(3)20-28)26(32)21-29-17-18-30-27-22(2)13-9-7-6-8-10-14-24-15-11-12-16-25(24)27/h6-7,9,11-13,15-16,23,27,29-30H,2,4-5,8,10,14,17-19,21H2,1,3H3/b7-6-,13-9-/t23-,27?/m0/s1. The topological polar surface area (TPSA) is 68.2 Å². The lowest BCUT2D eigenvalue weighted by molar-refractivity contribution is -0.131. The number of amides is 1. The summed E-state index contributed by atoms with van der Waals surface area (Å²) >= 11 is 0. The highest BCUT2D eigenvalue weighted by Crippen LogP contribution is 2.26. The van der Waals surface area contributed by atoms with Crippen molar-refractivity contribution in [3.05, 3.63) is 71.8 Å². The second-order valence-electron chi connectivity index (χ2n) is 8.26. The van der Waals surface area contributed by atoms with Gasteiger partial charge in [-0.1, -0.05) is 68.5 Å². The molecule has 0 radical (unpaired) electrons. The molecule has 0 fully saturated rings. The maximum atomic E-state index is 12.6. The fourth-order valence-corrected chi connectivity index (χ4v) is 3.88. The Balaban J connectivity index is 1.94. The molecule has 2 rings (SSSR count). The van der Waals surface area contributed by atoms with E-state index in [2.05, 4.69) is 78.8 Å². The number of rotatable bonds is 10. The number of carbonyl (C=O) groups is 1. The fourth-order valence-electron chi connectivity index (χ4n) is 3.88. The van der Waals surface area contributed by atoms with Crippen molar-refractivity contribution < 1.29 is 4.79 Å². The largest absolute Gasteiger partial charge is 0.326 e. The summed E-state index contributed by atoms with van der Waals surface area (Å²) in [5.41, 5.74) is 3.65. The highest BCUT2D eigenvalue weighted by Gasteiger charge is 2.19. The maximum Gasteiger partial charge on any atom is 0.237 e. The number of unbranched alkanes of at least 4 members (excludes halogenated alkanes) is 1. The van der Waals surface area contributed by atoms with Crippen molar-refractivity contribution in [2.75, 3.05) is 26.2 Å². The van der Waals surface area contributed by atoms with Gasteiger partial charge in [0.25, 0.3) is 0 Å². The van der Waals surface area contributed by atoms with E-state index in [1.807, 2.05) is 0 Å². The van der Waals surface area contributed by atoms with E-state index in [-0.39, 0.29) is 18.5 Å². The van der Waals surface area contributed by atoms with Gasteiger partial charge in [-0.3, -0.25) is 4.79 Å². The van der Waals surface area contributed by atoms with Gasteiger partial charge in [0.15, 0.2) is 0 Å². The molecule has 172 valence electrons. The zero-order chi connectivity index (χ0) is 23.2. The lowest BCUT2D eigenvalue weighted by Gasteiger charge is -2.25. The number of carbonyl (C=O) groups excluding carboxylic acids is 1. The zero-order valence-electron chi connectivity index (χ0n) is 19.6. The lowest BCUT2D eigenvalue weighted by atomic mass is 9.92. The highest BCUT2D eigenvalue weighted by molar-refractivity contribution is 5.78. The minimum Gasteiger partial charge on any atom is -0.326 e. The number of benzene rings is 1. The normalized spacial score (nSPS) is 19.2. The summed E-state index contributed by atoms with van der Waals surface area (Å²) in [6, 6.07) is 10.4. The molecule has 0 saturated carbocycles. The van der Waals surface area contributed by atoms with E-state index in [1.54, 1.807) is 11.8 Å². The van der Waals surface area contributed by atoms with Crippen LogP contribution in [0.4, 0.5) is 0 Å². The SMILES string of the molecule is C=C1/C=C\C=C/CCCc2ccccc2C1NCCNCC(=O)N(CCCC)[C@@H](C)C#N. The zero-order valence-corrected chi connectivity index (χ0v) is 19.6. The van der Waals surface area contributed by atoms with Crippen molar-refractivity contribution in [1.29, 1.82) is 5.26 Å². The Labute approximate surface area is 193 Å². The molecule has 1 aromatic carbocycles. The first-order chi connectivity index (χ1) is 15.6. The van der Waals surface area contributed by atoms with Gasteiger partial charge in [0.2, 0.25) is 5.91 Å². The third kappa shape index (κ3) is 8.11. The molecule has 0 aliphatic heterocycles. The number of hydrogen-bond donors (Lipinski definition) is 2. The van der Waals surface area contributed by atoms with Gasteiger partial charge in [-0.05, 0) is 49.3 Å². The number of nitrogens with one attached hydrogen (secondary N) is 2. The van der Waals surface area contributed by atoms with E-state index >= 15 is 0 Å². The van der Waals surface area contributed by atoms with E-state index in [0.717, 1.165) is 37.7 Å². The number of hydrogen-bond acceptors (Lipinski definition) is 4. The Morgan fingerprint density at radius 2 is 2.12 bits per heavy atom. The number of fused-ring (bicyclic) bond motifs is 1. The van der Waals surface area contributed by atoms with Crippen LogP contribution < -0.4 is 10.6 Å². The summed E-state index contributed by atoms with van der Waals surface area (Å²) in [6.45, 7) is 10.4. The van der Waals surface area contributed by atoms with Crippen LogP contribution >= 0.6 is 0 Å². The molecular formula is C27H38N4O. The first kappa shape index (κ1) is 25.6.